The fourth-order valence-corrected chi connectivity index (χ4v) is 2.96. The zero-order chi connectivity index (χ0) is 16.9. The summed E-state index contributed by atoms with van der Waals surface area (Å²) >= 11 is 0. The van der Waals surface area contributed by atoms with Crippen molar-refractivity contribution in [2.24, 2.45) is 5.92 Å². The number of hydrogen-bond donors (Lipinski definition) is 2. The lowest BCUT2D eigenvalue weighted by molar-refractivity contribution is -0.0272. The molecule has 6 nitrogen and oxygen atoms in total. The number of H-pyrrole nitrogens is 1. The third kappa shape index (κ3) is 3.89. The third-order valence-corrected chi connectivity index (χ3v) is 4.29. The molecule has 1 saturated heterocycles. The maximum Gasteiger partial charge on any atom is 0.271 e. The number of aromatic nitrogens is 2. The molecular formula is C18H21N3O3. The fourth-order valence-electron chi connectivity index (χ4n) is 2.96. The Hall–Kier alpha value is -2.47. The van der Waals surface area contributed by atoms with E-state index in [1.807, 2.05) is 0 Å². The number of carbonyl (C=O) groups excluding carboxylic acids is 1. The van der Waals surface area contributed by atoms with Gasteiger partial charge in [-0.25, -0.2) is 5.10 Å². The standard InChI is InChI=1S/C18H21N3O3/c1-12-4-6-13(7-5-12)17-14(3-2-10-24-17)11-19-18(23)15-8-9-16(22)21-20-15/h4-9,14,17H,2-3,10-11H2,1H3,(H,19,23)(H,21,22)/t14-,17+/m0/s1. The van der Waals surface area contributed by atoms with Crippen molar-refractivity contribution in [3.63, 3.8) is 0 Å². The molecule has 0 saturated carbocycles. The SMILES string of the molecule is Cc1ccc([C@H]2OCCC[C@H]2CNC(=O)c2ccc(=O)[nH]n2)cc1. The Bertz CT molecular complexity index is 734. The highest BCUT2D eigenvalue weighted by Crippen LogP contribution is 2.33. The molecule has 0 spiro atoms. The monoisotopic (exact) mass is 327 g/mol. The summed E-state index contributed by atoms with van der Waals surface area (Å²) in [6.45, 7) is 3.31. The molecule has 0 unspecified atom stereocenters. The van der Waals surface area contributed by atoms with Gasteiger partial charge in [0.15, 0.2) is 0 Å². The number of aromatic amines is 1. The van der Waals surface area contributed by atoms with Gasteiger partial charge in [0.1, 0.15) is 5.69 Å². The molecule has 1 amide bonds. The maximum absolute atomic E-state index is 12.1. The molecule has 0 aliphatic carbocycles. The van der Waals surface area contributed by atoms with Gasteiger partial charge in [0.05, 0.1) is 6.10 Å². The lowest BCUT2D eigenvalue weighted by Gasteiger charge is -2.32. The molecule has 0 radical (unpaired) electrons. The second kappa shape index (κ2) is 7.40. The van der Waals surface area contributed by atoms with Crippen LogP contribution in [0, 0.1) is 12.8 Å². The van der Waals surface area contributed by atoms with Crippen molar-refractivity contribution < 1.29 is 9.53 Å². The van der Waals surface area contributed by atoms with Crippen molar-refractivity contribution in [2.45, 2.75) is 25.9 Å². The molecule has 126 valence electrons. The summed E-state index contributed by atoms with van der Waals surface area (Å²) in [5.41, 5.74) is 2.23. The number of aryl methyl sites for hydroxylation is 1. The van der Waals surface area contributed by atoms with Gasteiger partial charge in [-0.1, -0.05) is 29.8 Å². The molecule has 2 atom stereocenters. The lowest BCUT2D eigenvalue weighted by atomic mass is 9.89. The van der Waals surface area contributed by atoms with Gasteiger partial charge in [-0.15, -0.1) is 0 Å². The van der Waals surface area contributed by atoms with Crippen molar-refractivity contribution in [3.05, 3.63) is 63.6 Å². The molecule has 2 aromatic rings. The van der Waals surface area contributed by atoms with Gasteiger partial charge in [0.2, 0.25) is 0 Å². The average Bonchev–Trinajstić information content (AvgIpc) is 2.61. The summed E-state index contributed by atoms with van der Waals surface area (Å²) in [4.78, 5) is 23.2. The van der Waals surface area contributed by atoms with Crippen LogP contribution in [0.3, 0.4) is 0 Å². The third-order valence-electron chi connectivity index (χ3n) is 4.29. The van der Waals surface area contributed by atoms with Crippen LogP contribution in [0.5, 0.6) is 0 Å². The topological polar surface area (TPSA) is 84.1 Å². The van der Waals surface area contributed by atoms with Gasteiger partial charge in [-0.05, 0) is 31.4 Å². The molecule has 0 bridgehead atoms. The average molecular weight is 327 g/mol. The van der Waals surface area contributed by atoms with Crippen LogP contribution in [-0.4, -0.2) is 29.3 Å². The molecule has 1 fully saturated rings. The van der Waals surface area contributed by atoms with Crippen LogP contribution in [0.4, 0.5) is 0 Å². The number of carbonyl (C=O) groups is 1. The summed E-state index contributed by atoms with van der Waals surface area (Å²) in [5, 5.41) is 8.91. The lowest BCUT2D eigenvalue weighted by Crippen LogP contribution is -2.35. The van der Waals surface area contributed by atoms with Crippen LogP contribution in [0.1, 0.15) is 40.6 Å². The van der Waals surface area contributed by atoms with E-state index in [0.717, 1.165) is 25.0 Å². The van der Waals surface area contributed by atoms with Crippen LogP contribution in [0.25, 0.3) is 0 Å². The van der Waals surface area contributed by atoms with Crippen molar-refractivity contribution in [3.8, 4) is 0 Å². The van der Waals surface area contributed by atoms with Gasteiger partial charge in [0.25, 0.3) is 11.5 Å². The van der Waals surface area contributed by atoms with E-state index in [9.17, 15) is 9.59 Å². The highest BCUT2D eigenvalue weighted by molar-refractivity contribution is 5.91. The minimum absolute atomic E-state index is 0.0109. The minimum Gasteiger partial charge on any atom is -0.373 e. The van der Waals surface area contributed by atoms with Gasteiger partial charge in [0, 0.05) is 25.1 Å². The van der Waals surface area contributed by atoms with Crippen molar-refractivity contribution in [1.82, 2.24) is 15.5 Å². The molecule has 1 aliphatic rings. The molecule has 3 rings (SSSR count). The van der Waals surface area contributed by atoms with Gasteiger partial charge in [-0.3, -0.25) is 9.59 Å². The first-order valence-electron chi connectivity index (χ1n) is 8.15. The van der Waals surface area contributed by atoms with Crippen LogP contribution < -0.4 is 10.9 Å². The second-order valence-corrected chi connectivity index (χ2v) is 6.12. The number of amides is 1. The normalized spacial score (nSPS) is 20.5. The molecule has 1 aromatic carbocycles. The summed E-state index contributed by atoms with van der Waals surface area (Å²) in [6, 6.07) is 11.0. The molecule has 2 heterocycles. The molecule has 24 heavy (non-hydrogen) atoms. The summed E-state index contributed by atoms with van der Waals surface area (Å²) in [5.74, 6) is -0.0763. The van der Waals surface area contributed by atoms with Gasteiger partial charge < -0.3 is 10.1 Å². The van der Waals surface area contributed by atoms with E-state index in [4.69, 9.17) is 4.74 Å². The number of nitrogens with zero attached hydrogens (tertiary/aromatic N) is 1. The smallest absolute Gasteiger partial charge is 0.271 e. The van der Waals surface area contributed by atoms with E-state index in [0.29, 0.717) is 6.54 Å². The van der Waals surface area contributed by atoms with E-state index in [1.165, 1.54) is 17.7 Å². The van der Waals surface area contributed by atoms with Crippen molar-refractivity contribution in [2.75, 3.05) is 13.2 Å². The van der Waals surface area contributed by atoms with Crippen LogP contribution in [0.2, 0.25) is 0 Å². The predicted octanol–water partition coefficient (Wildman–Crippen LogP) is 1.98. The Kier molecular flexibility index (Phi) is 5.05. The number of ether oxygens (including phenoxy) is 1. The number of nitrogens with one attached hydrogen (secondary N) is 2. The Labute approximate surface area is 140 Å². The van der Waals surface area contributed by atoms with Crippen LogP contribution in [-0.2, 0) is 4.74 Å². The Balaban J connectivity index is 1.65. The molecule has 1 aliphatic heterocycles. The highest BCUT2D eigenvalue weighted by Gasteiger charge is 2.28. The van der Waals surface area contributed by atoms with E-state index in [-0.39, 0.29) is 29.2 Å². The summed E-state index contributed by atoms with van der Waals surface area (Å²) in [6.07, 6.45) is 1.97. The van der Waals surface area contributed by atoms with Gasteiger partial charge in [-0.2, -0.15) is 5.10 Å². The molecule has 2 N–H and O–H groups in total. The molecule has 6 heteroatoms. The van der Waals surface area contributed by atoms with Crippen molar-refractivity contribution in [1.29, 1.82) is 0 Å². The highest BCUT2D eigenvalue weighted by atomic mass is 16.5. The first kappa shape index (κ1) is 16.4. The first-order valence-corrected chi connectivity index (χ1v) is 8.15. The van der Waals surface area contributed by atoms with Crippen molar-refractivity contribution >= 4 is 5.91 Å². The number of hydrogen-bond acceptors (Lipinski definition) is 4. The maximum atomic E-state index is 12.1. The second-order valence-electron chi connectivity index (χ2n) is 6.12. The predicted molar refractivity (Wildman–Crippen MR) is 89.8 cm³/mol. The van der Waals surface area contributed by atoms with E-state index in [2.05, 4.69) is 46.7 Å². The summed E-state index contributed by atoms with van der Waals surface area (Å²) in [7, 11) is 0. The minimum atomic E-state index is -0.327. The number of rotatable bonds is 4. The fraction of sp³-hybridized carbons (Fsp3) is 0.389. The Morgan fingerprint density at radius 3 is 2.79 bits per heavy atom. The zero-order valence-corrected chi connectivity index (χ0v) is 13.6. The van der Waals surface area contributed by atoms with E-state index >= 15 is 0 Å². The first-order chi connectivity index (χ1) is 11.6. The Morgan fingerprint density at radius 2 is 2.08 bits per heavy atom. The zero-order valence-electron chi connectivity index (χ0n) is 13.6. The molecule has 1 aromatic heterocycles. The largest absolute Gasteiger partial charge is 0.373 e. The number of benzene rings is 1. The summed E-state index contributed by atoms with van der Waals surface area (Å²) < 4.78 is 5.96. The van der Waals surface area contributed by atoms with Crippen LogP contribution in [0.15, 0.2) is 41.2 Å². The molecular weight excluding hydrogens is 306 g/mol. The van der Waals surface area contributed by atoms with Crippen LogP contribution >= 0.6 is 0 Å². The quantitative estimate of drug-likeness (QED) is 0.899. The Morgan fingerprint density at radius 1 is 1.29 bits per heavy atom. The van der Waals surface area contributed by atoms with Gasteiger partial charge >= 0.3 is 0 Å². The van der Waals surface area contributed by atoms with E-state index < -0.39 is 0 Å². The van der Waals surface area contributed by atoms with E-state index in [1.54, 1.807) is 0 Å².